The van der Waals surface area contributed by atoms with Crippen LogP contribution >= 0.6 is 0 Å². The molecule has 0 radical (unpaired) electrons. The molecule has 22 heavy (non-hydrogen) atoms. The van der Waals surface area contributed by atoms with Crippen molar-refractivity contribution >= 4 is 11.7 Å². The predicted octanol–water partition coefficient (Wildman–Crippen LogP) is 1.92. The van der Waals surface area contributed by atoms with Gasteiger partial charge in [0.15, 0.2) is 11.5 Å². The lowest BCUT2D eigenvalue weighted by Gasteiger charge is -2.11. The summed E-state index contributed by atoms with van der Waals surface area (Å²) in [6.45, 7) is 3.71. The highest BCUT2D eigenvalue weighted by Gasteiger charge is 2.12. The zero-order chi connectivity index (χ0) is 15.8. The van der Waals surface area contributed by atoms with Gasteiger partial charge in [-0.2, -0.15) is 0 Å². The zero-order valence-corrected chi connectivity index (χ0v) is 12.6. The van der Waals surface area contributed by atoms with E-state index in [2.05, 4.69) is 22.2 Å². The van der Waals surface area contributed by atoms with Crippen LogP contribution in [0.15, 0.2) is 36.7 Å². The van der Waals surface area contributed by atoms with E-state index < -0.39 is 0 Å². The average Bonchev–Trinajstić information content (AvgIpc) is 2.54. The van der Waals surface area contributed by atoms with E-state index in [-0.39, 0.29) is 17.4 Å². The van der Waals surface area contributed by atoms with Gasteiger partial charge in [-0.1, -0.05) is 31.2 Å². The van der Waals surface area contributed by atoms with Crippen LogP contribution in [-0.4, -0.2) is 22.5 Å². The maximum absolute atomic E-state index is 12.1. The Morgan fingerprint density at radius 2 is 1.95 bits per heavy atom. The quantitative estimate of drug-likeness (QED) is 0.762. The van der Waals surface area contributed by atoms with Crippen LogP contribution in [0, 0.1) is 0 Å². The molecular weight excluding hydrogens is 280 g/mol. The van der Waals surface area contributed by atoms with E-state index in [9.17, 15) is 4.79 Å². The molecule has 0 unspecified atom stereocenters. The minimum atomic E-state index is -0.338. The van der Waals surface area contributed by atoms with Gasteiger partial charge < -0.3 is 15.8 Å². The molecule has 0 atom stereocenters. The number of nitrogens with two attached hydrogens (primary N) is 1. The number of ether oxygens (including phenoxy) is 1. The highest BCUT2D eigenvalue weighted by atomic mass is 16.5. The summed E-state index contributed by atoms with van der Waals surface area (Å²) < 4.78 is 5.57. The SMILES string of the molecule is CCCOCc1ccccc1CNC(=O)c1nccnc1N. The number of carbonyl (C=O) groups excluding carboxylic acids is 1. The second kappa shape index (κ2) is 8.09. The van der Waals surface area contributed by atoms with Crippen molar-refractivity contribution in [1.82, 2.24) is 15.3 Å². The topological polar surface area (TPSA) is 90.1 Å². The molecule has 6 nitrogen and oxygen atoms in total. The third-order valence-electron chi connectivity index (χ3n) is 3.11. The number of hydrogen-bond acceptors (Lipinski definition) is 5. The fraction of sp³-hybridized carbons (Fsp3) is 0.312. The molecule has 116 valence electrons. The summed E-state index contributed by atoms with van der Waals surface area (Å²) in [6, 6.07) is 7.84. The molecule has 0 fully saturated rings. The van der Waals surface area contributed by atoms with E-state index in [4.69, 9.17) is 10.5 Å². The van der Waals surface area contributed by atoms with E-state index in [0.717, 1.165) is 24.2 Å². The summed E-state index contributed by atoms with van der Waals surface area (Å²) in [5.41, 5.74) is 7.86. The van der Waals surface area contributed by atoms with Crippen molar-refractivity contribution in [3.8, 4) is 0 Å². The molecule has 0 aliphatic carbocycles. The summed E-state index contributed by atoms with van der Waals surface area (Å²) in [4.78, 5) is 19.9. The summed E-state index contributed by atoms with van der Waals surface area (Å²) in [6.07, 6.45) is 3.87. The number of nitrogen functional groups attached to an aromatic ring is 1. The molecule has 2 rings (SSSR count). The smallest absolute Gasteiger partial charge is 0.273 e. The second-order valence-electron chi connectivity index (χ2n) is 4.79. The molecule has 1 aromatic heterocycles. The van der Waals surface area contributed by atoms with Crippen molar-refractivity contribution in [3.63, 3.8) is 0 Å². The van der Waals surface area contributed by atoms with Crippen LogP contribution in [0.2, 0.25) is 0 Å². The molecule has 2 aromatic rings. The Kier molecular flexibility index (Phi) is 5.85. The Bertz CT molecular complexity index is 631. The molecule has 0 spiro atoms. The summed E-state index contributed by atoms with van der Waals surface area (Å²) in [5, 5.41) is 2.81. The lowest BCUT2D eigenvalue weighted by molar-refractivity contribution is 0.0945. The number of aromatic nitrogens is 2. The predicted molar refractivity (Wildman–Crippen MR) is 84.0 cm³/mol. The van der Waals surface area contributed by atoms with Gasteiger partial charge in [-0.3, -0.25) is 4.79 Å². The number of amides is 1. The van der Waals surface area contributed by atoms with Crippen LogP contribution in [0.25, 0.3) is 0 Å². The fourth-order valence-corrected chi connectivity index (χ4v) is 1.98. The molecule has 0 saturated heterocycles. The average molecular weight is 300 g/mol. The summed E-state index contributed by atoms with van der Waals surface area (Å²) >= 11 is 0. The van der Waals surface area contributed by atoms with Gasteiger partial charge in [0.2, 0.25) is 0 Å². The van der Waals surface area contributed by atoms with Crippen molar-refractivity contribution < 1.29 is 9.53 Å². The lowest BCUT2D eigenvalue weighted by Crippen LogP contribution is -2.25. The molecule has 1 aromatic carbocycles. The molecular formula is C16H20N4O2. The van der Waals surface area contributed by atoms with Crippen molar-refractivity contribution in [3.05, 3.63) is 53.5 Å². The van der Waals surface area contributed by atoms with E-state index >= 15 is 0 Å². The Balaban J connectivity index is 1.99. The molecule has 1 heterocycles. The largest absolute Gasteiger partial charge is 0.382 e. The Morgan fingerprint density at radius 3 is 2.68 bits per heavy atom. The molecule has 0 aliphatic heterocycles. The number of anilines is 1. The molecule has 0 saturated carbocycles. The number of carbonyl (C=O) groups is 1. The number of hydrogen-bond donors (Lipinski definition) is 2. The van der Waals surface area contributed by atoms with Gasteiger partial charge in [0.25, 0.3) is 5.91 Å². The standard InChI is InChI=1S/C16H20N4O2/c1-2-9-22-11-13-6-4-3-5-12(13)10-20-16(21)14-15(17)19-8-7-18-14/h3-8H,2,9-11H2,1H3,(H2,17,19)(H,20,21). The Hall–Kier alpha value is -2.47. The van der Waals surface area contributed by atoms with Crippen LogP contribution in [0.3, 0.4) is 0 Å². The van der Waals surface area contributed by atoms with Crippen molar-refractivity contribution in [2.24, 2.45) is 0 Å². The minimum Gasteiger partial charge on any atom is -0.382 e. The van der Waals surface area contributed by atoms with Gasteiger partial charge in [-0.25, -0.2) is 9.97 Å². The van der Waals surface area contributed by atoms with Crippen LogP contribution < -0.4 is 11.1 Å². The van der Waals surface area contributed by atoms with Gasteiger partial charge in [-0.15, -0.1) is 0 Å². The second-order valence-corrected chi connectivity index (χ2v) is 4.79. The third-order valence-corrected chi connectivity index (χ3v) is 3.11. The van der Waals surface area contributed by atoms with E-state index in [1.807, 2.05) is 24.3 Å². The Morgan fingerprint density at radius 1 is 1.23 bits per heavy atom. The monoisotopic (exact) mass is 300 g/mol. The van der Waals surface area contributed by atoms with Gasteiger partial charge in [0.1, 0.15) is 0 Å². The summed E-state index contributed by atoms with van der Waals surface area (Å²) in [7, 11) is 0. The number of benzene rings is 1. The summed E-state index contributed by atoms with van der Waals surface area (Å²) in [5.74, 6) is -0.213. The maximum atomic E-state index is 12.1. The number of rotatable bonds is 7. The van der Waals surface area contributed by atoms with Crippen LogP contribution in [0.1, 0.15) is 35.0 Å². The third kappa shape index (κ3) is 4.26. The molecule has 1 amide bonds. The van der Waals surface area contributed by atoms with Crippen LogP contribution in [0.4, 0.5) is 5.82 Å². The normalized spacial score (nSPS) is 10.4. The first-order valence-electron chi connectivity index (χ1n) is 7.21. The fourth-order valence-electron chi connectivity index (χ4n) is 1.98. The number of nitrogens with one attached hydrogen (secondary N) is 1. The van der Waals surface area contributed by atoms with Gasteiger partial charge in [-0.05, 0) is 17.5 Å². The van der Waals surface area contributed by atoms with Crippen molar-refractivity contribution in [2.45, 2.75) is 26.5 Å². The van der Waals surface area contributed by atoms with E-state index in [0.29, 0.717) is 13.2 Å². The van der Waals surface area contributed by atoms with Crippen LogP contribution in [0.5, 0.6) is 0 Å². The highest BCUT2D eigenvalue weighted by molar-refractivity contribution is 5.96. The van der Waals surface area contributed by atoms with Crippen molar-refractivity contribution in [1.29, 1.82) is 0 Å². The van der Waals surface area contributed by atoms with E-state index in [1.54, 1.807) is 0 Å². The Labute approximate surface area is 129 Å². The maximum Gasteiger partial charge on any atom is 0.273 e. The lowest BCUT2D eigenvalue weighted by atomic mass is 10.1. The first-order chi connectivity index (χ1) is 10.7. The van der Waals surface area contributed by atoms with E-state index in [1.165, 1.54) is 12.4 Å². The van der Waals surface area contributed by atoms with Gasteiger partial charge in [0.05, 0.1) is 6.61 Å². The molecule has 3 N–H and O–H groups in total. The van der Waals surface area contributed by atoms with Gasteiger partial charge >= 0.3 is 0 Å². The minimum absolute atomic E-state index is 0.125. The number of nitrogens with zero attached hydrogens (tertiary/aromatic N) is 2. The van der Waals surface area contributed by atoms with Gasteiger partial charge in [0, 0.05) is 25.5 Å². The van der Waals surface area contributed by atoms with Crippen molar-refractivity contribution in [2.75, 3.05) is 12.3 Å². The zero-order valence-electron chi connectivity index (χ0n) is 12.6. The molecule has 0 bridgehead atoms. The molecule has 6 heteroatoms. The first-order valence-corrected chi connectivity index (χ1v) is 7.21. The molecule has 0 aliphatic rings. The van der Waals surface area contributed by atoms with Crippen LogP contribution in [-0.2, 0) is 17.9 Å². The highest BCUT2D eigenvalue weighted by Crippen LogP contribution is 2.11. The first kappa shape index (κ1) is 15.9.